The molecule has 2 rings (SSSR count). The van der Waals surface area contributed by atoms with Gasteiger partial charge >= 0.3 is 0 Å². The molecule has 7 heteroatoms. The molecule has 2 aromatic heterocycles. The Morgan fingerprint density at radius 3 is 2.89 bits per heavy atom. The van der Waals surface area contributed by atoms with Crippen LogP contribution in [0.4, 0.5) is 0 Å². The molecule has 0 atom stereocenters. The average Bonchev–Trinajstić information content (AvgIpc) is 2.78. The van der Waals surface area contributed by atoms with Crippen molar-refractivity contribution >= 4 is 22.7 Å². The Labute approximate surface area is 103 Å². The molecule has 0 aromatic carbocycles. The first-order chi connectivity index (χ1) is 8.68. The predicted molar refractivity (Wildman–Crippen MR) is 64.9 cm³/mol. The highest BCUT2D eigenvalue weighted by Crippen LogP contribution is 2.12. The van der Waals surface area contributed by atoms with Crippen LogP contribution in [-0.4, -0.2) is 40.1 Å². The van der Waals surface area contributed by atoms with Gasteiger partial charge in [0.25, 0.3) is 5.91 Å². The van der Waals surface area contributed by atoms with Crippen molar-refractivity contribution in [1.82, 2.24) is 25.8 Å². The fourth-order valence-corrected chi connectivity index (χ4v) is 1.53. The molecule has 0 radical (unpaired) electrons. The molecule has 0 bridgehead atoms. The van der Waals surface area contributed by atoms with Gasteiger partial charge in [-0.25, -0.2) is 0 Å². The summed E-state index contributed by atoms with van der Waals surface area (Å²) in [6.45, 7) is 2.17. The van der Waals surface area contributed by atoms with Gasteiger partial charge in [-0.05, 0) is 6.07 Å². The Morgan fingerprint density at radius 2 is 2.11 bits per heavy atom. The molecule has 0 spiro atoms. The van der Waals surface area contributed by atoms with Crippen LogP contribution in [0.2, 0.25) is 0 Å². The molecule has 0 saturated heterocycles. The number of amides is 2. The molecule has 2 aromatic rings. The number of hydrogen-bond donors (Lipinski definition) is 3. The summed E-state index contributed by atoms with van der Waals surface area (Å²) in [6, 6.07) is 1.75. The number of pyridine rings is 1. The molecule has 0 saturated carbocycles. The first kappa shape index (κ1) is 12.0. The minimum absolute atomic E-state index is 0.126. The number of fused-ring (bicyclic) bond motifs is 1. The molecule has 0 aliphatic heterocycles. The highest BCUT2D eigenvalue weighted by atomic mass is 16.2. The van der Waals surface area contributed by atoms with E-state index in [0.717, 1.165) is 5.52 Å². The predicted octanol–water partition coefficient (Wildman–Crippen LogP) is -0.176. The molecule has 94 valence electrons. The van der Waals surface area contributed by atoms with Gasteiger partial charge in [-0.3, -0.25) is 19.7 Å². The fraction of sp³-hybridized carbons (Fsp3) is 0.273. The standard InChI is InChI=1S/C11H13N5O2/c1-7(17)13-4-5-14-11(18)10-8-6-12-3-2-9(8)15-16-10/h2-3,6H,4-5H2,1H3,(H,13,17)(H,14,18)(H,15,16). The second-order valence-electron chi connectivity index (χ2n) is 3.73. The summed E-state index contributed by atoms with van der Waals surface area (Å²) in [4.78, 5) is 26.4. The molecule has 0 unspecified atom stereocenters. The van der Waals surface area contributed by atoms with Crippen LogP contribution in [0.15, 0.2) is 18.5 Å². The average molecular weight is 247 g/mol. The van der Waals surface area contributed by atoms with Gasteiger partial charge in [-0.2, -0.15) is 5.10 Å². The topological polar surface area (TPSA) is 99.8 Å². The van der Waals surface area contributed by atoms with Gasteiger partial charge in [0, 0.05) is 32.4 Å². The van der Waals surface area contributed by atoms with Crippen LogP contribution in [0.3, 0.4) is 0 Å². The summed E-state index contributed by atoms with van der Waals surface area (Å²) in [5.74, 6) is -0.418. The van der Waals surface area contributed by atoms with E-state index in [2.05, 4.69) is 25.8 Å². The molecule has 2 heterocycles. The Hall–Kier alpha value is -2.44. The van der Waals surface area contributed by atoms with Crippen LogP contribution >= 0.6 is 0 Å². The van der Waals surface area contributed by atoms with Crippen LogP contribution in [0.25, 0.3) is 10.9 Å². The summed E-state index contributed by atoms with van der Waals surface area (Å²) >= 11 is 0. The van der Waals surface area contributed by atoms with E-state index in [4.69, 9.17) is 0 Å². The third-order valence-corrected chi connectivity index (χ3v) is 2.36. The molecule has 0 fully saturated rings. The van der Waals surface area contributed by atoms with Gasteiger partial charge in [0.05, 0.1) is 10.9 Å². The number of aromatic nitrogens is 3. The van der Waals surface area contributed by atoms with Crippen molar-refractivity contribution < 1.29 is 9.59 Å². The Balaban J connectivity index is 1.99. The SMILES string of the molecule is CC(=O)NCCNC(=O)c1n[nH]c2ccncc12. The van der Waals surface area contributed by atoms with E-state index in [1.807, 2.05) is 0 Å². The second kappa shape index (κ2) is 5.26. The monoisotopic (exact) mass is 247 g/mol. The second-order valence-corrected chi connectivity index (χ2v) is 3.73. The minimum atomic E-state index is -0.292. The molecule has 7 nitrogen and oxygen atoms in total. The lowest BCUT2D eigenvalue weighted by Gasteiger charge is -2.03. The quantitative estimate of drug-likeness (QED) is 0.653. The Bertz CT molecular complexity index is 578. The zero-order valence-corrected chi connectivity index (χ0v) is 9.86. The molecule has 3 N–H and O–H groups in total. The van der Waals surface area contributed by atoms with Crippen molar-refractivity contribution in [3.63, 3.8) is 0 Å². The third kappa shape index (κ3) is 2.62. The fourth-order valence-electron chi connectivity index (χ4n) is 1.53. The van der Waals surface area contributed by atoms with Gasteiger partial charge in [0.2, 0.25) is 5.91 Å². The highest BCUT2D eigenvalue weighted by Gasteiger charge is 2.13. The van der Waals surface area contributed by atoms with E-state index in [0.29, 0.717) is 24.2 Å². The van der Waals surface area contributed by atoms with E-state index in [-0.39, 0.29) is 11.8 Å². The van der Waals surface area contributed by atoms with Crippen molar-refractivity contribution in [2.45, 2.75) is 6.92 Å². The van der Waals surface area contributed by atoms with Crippen LogP contribution in [-0.2, 0) is 4.79 Å². The maximum Gasteiger partial charge on any atom is 0.272 e. The summed E-state index contributed by atoms with van der Waals surface area (Å²) in [5.41, 5.74) is 1.07. The van der Waals surface area contributed by atoms with Gasteiger partial charge in [-0.1, -0.05) is 0 Å². The van der Waals surface area contributed by atoms with Crippen LogP contribution < -0.4 is 10.6 Å². The largest absolute Gasteiger partial charge is 0.355 e. The summed E-state index contributed by atoms with van der Waals surface area (Å²) < 4.78 is 0. The van der Waals surface area contributed by atoms with Gasteiger partial charge < -0.3 is 10.6 Å². The molecule has 18 heavy (non-hydrogen) atoms. The lowest BCUT2D eigenvalue weighted by atomic mass is 10.2. The third-order valence-electron chi connectivity index (χ3n) is 2.36. The van der Waals surface area contributed by atoms with Crippen LogP contribution in [0, 0.1) is 0 Å². The maximum atomic E-state index is 11.8. The van der Waals surface area contributed by atoms with E-state index >= 15 is 0 Å². The molecular formula is C11H13N5O2. The lowest BCUT2D eigenvalue weighted by molar-refractivity contribution is -0.118. The van der Waals surface area contributed by atoms with E-state index < -0.39 is 0 Å². The van der Waals surface area contributed by atoms with Crippen LogP contribution in [0.1, 0.15) is 17.4 Å². The first-order valence-corrected chi connectivity index (χ1v) is 5.49. The zero-order valence-electron chi connectivity index (χ0n) is 9.86. The van der Waals surface area contributed by atoms with Gasteiger partial charge in [0.15, 0.2) is 5.69 Å². The summed E-state index contributed by atoms with van der Waals surface area (Å²) in [7, 11) is 0. The van der Waals surface area contributed by atoms with Crippen molar-refractivity contribution in [1.29, 1.82) is 0 Å². The molecule has 2 amide bonds. The Morgan fingerprint density at radius 1 is 1.33 bits per heavy atom. The number of carbonyl (C=O) groups is 2. The van der Waals surface area contributed by atoms with Gasteiger partial charge in [0.1, 0.15) is 0 Å². The molecular weight excluding hydrogens is 234 g/mol. The number of nitrogens with one attached hydrogen (secondary N) is 3. The smallest absolute Gasteiger partial charge is 0.272 e. The van der Waals surface area contributed by atoms with Crippen molar-refractivity contribution in [2.24, 2.45) is 0 Å². The lowest BCUT2D eigenvalue weighted by Crippen LogP contribution is -2.33. The summed E-state index contributed by atoms with van der Waals surface area (Å²) in [6.07, 6.45) is 3.21. The Kier molecular flexibility index (Phi) is 3.52. The zero-order chi connectivity index (χ0) is 13.0. The first-order valence-electron chi connectivity index (χ1n) is 5.49. The van der Waals surface area contributed by atoms with E-state index in [1.165, 1.54) is 6.92 Å². The number of rotatable bonds is 4. The number of nitrogens with zero attached hydrogens (tertiary/aromatic N) is 2. The van der Waals surface area contributed by atoms with Crippen LogP contribution in [0.5, 0.6) is 0 Å². The number of hydrogen-bond acceptors (Lipinski definition) is 4. The summed E-state index contributed by atoms with van der Waals surface area (Å²) in [5, 5.41) is 12.6. The van der Waals surface area contributed by atoms with E-state index in [1.54, 1.807) is 18.5 Å². The number of aromatic amines is 1. The maximum absolute atomic E-state index is 11.8. The molecule has 0 aliphatic rings. The van der Waals surface area contributed by atoms with Crippen molar-refractivity contribution in [3.8, 4) is 0 Å². The van der Waals surface area contributed by atoms with E-state index in [9.17, 15) is 9.59 Å². The van der Waals surface area contributed by atoms with Crippen molar-refractivity contribution in [2.75, 3.05) is 13.1 Å². The van der Waals surface area contributed by atoms with Gasteiger partial charge in [-0.15, -0.1) is 0 Å². The highest BCUT2D eigenvalue weighted by molar-refractivity contribution is 6.04. The number of carbonyl (C=O) groups excluding carboxylic acids is 2. The number of H-pyrrole nitrogens is 1. The molecule has 0 aliphatic carbocycles. The van der Waals surface area contributed by atoms with Crippen molar-refractivity contribution in [3.05, 3.63) is 24.2 Å². The normalized spacial score (nSPS) is 10.3. The minimum Gasteiger partial charge on any atom is -0.355 e.